The van der Waals surface area contributed by atoms with Crippen molar-refractivity contribution in [3.05, 3.63) is 34.9 Å². The number of likely N-dealkylation sites (N-methyl/N-ethyl adjacent to an activating group) is 1. The van der Waals surface area contributed by atoms with Gasteiger partial charge in [-0.15, -0.1) is 0 Å². The van der Waals surface area contributed by atoms with Crippen LogP contribution in [0.2, 0.25) is 0 Å². The standard InChI is InChI=1S/C16H28NO4P/c1-12-8-9-13(15(2,3)4)14(10-12)16(18,22(19,20)21)11-17(5,6)7/h8-10,18H,11H2,1-7H3,(H-,19,20,21)/p+1. The van der Waals surface area contributed by atoms with E-state index in [1.165, 1.54) is 0 Å². The minimum absolute atomic E-state index is 0.0796. The maximum absolute atomic E-state index is 12.2. The quantitative estimate of drug-likeness (QED) is 0.585. The van der Waals surface area contributed by atoms with Crippen molar-refractivity contribution in [3.8, 4) is 0 Å². The Morgan fingerprint density at radius 1 is 1.09 bits per heavy atom. The molecule has 0 heterocycles. The van der Waals surface area contributed by atoms with Gasteiger partial charge in [0.2, 0.25) is 5.34 Å². The second-order valence-corrected chi connectivity index (χ2v) is 9.94. The molecule has 1 rings (SSSR count). The Labute approximate surface area is 133 Å². The topological polar surface area (TPSA) is 77.8 Å². The van der Waals surface area contributed by atoms with Gasteiger partial charge in [-0.1, -0.05) is 44.5 Å². The van der Waals surface area contributed by atoms with Crippen molar-refractivity contribution < 1.29 is 23.9 Å². The number of benzene rings is 1. The van der Waals surface area contributed by atoms with Gasteiger partial charge >= 0.3 is 7.60 Å². The van der Waals surface area contributed by atoms with Gasteiger partial charge in [0.25, 0.3) is 0 Å². The van der Waals surface area contributed by atoms with Crippen molar-refractivity contribution in [2.75, 3.05) is 27.7 Å². The normalized spacial score (nSPS) is 16.5. The summed E-state index contributed by atoms with van der Waals surface area (Å²) in [5, 5.41) is 8.84. The highest BCUT2D eigenvalue weighted by molar-refractivity contribution is 7.52. The maximum atomic E-state index is 12.2. The van der Waals surface area contributed by atoms with Crippen LogP contribution in [0.3, 0.4) is 0 Å². The lowest BCUT2D eigenvalue weighted by molar-refractivity contribution is -0.876. The zero-order valence-electron chi connectivity index (χ0n) is 14.6. The molecule has 5 nitrogen and oxygen atoms in total. The lowest BCUT2D eigenvalue weighted by Gasteiger charge is -2.38. The lowest BCUT2D eigenvalue weighted by atomic mass is 9.81. The minimum Gasteiger partial charge on any atom is -0.369 e. The van der Waals surface area contributed by atoms with Crippen LogP contribution in [0.15, 0.2) is 18.2 Å². The molecule has 0 aliphatic rings. The van der Waals surface area contributed by atoms with E-state index in [1.807, 2.05) is 39.8 Å². The van der Waals surface area contributed by atoms with Crippen LogP contribution in [0, 0.1) is 6.92 Å². The fourth-order valence-electron chi connectivity index (χ4n) is 2.64. The Morgan fingerprint density at radius 3 is 1.95 bits per heavy atom. The third kappa shape index (κ3) is 4.18. The van der Waals surface area contributed by atoms with E-state index >= 15 is 0 Å². The maximum Gasteiger partial charge on any atom is 0.367 e. The number of hydrogen-bond acceptors (Lipinski definition) is 2. The Morgan fingerprint density at radius 2 is 1.59 bits per heavy atom. The molecular formula is C16H29NO4P+. The fourth-order valence-corrected chi connectivity index (χ4v) is 3.75. The lowest BCUT2D eigenvalue weighted by Crippen LogP contribution is -2.48. The van der Waals surface area contributed by atoms with E-state index in [0.29, 0.717) is 5.56 Å². The van der Waals surface area contributed by atoms with E-state index in [9.17, 15) is 19.5 Å². The third-order valence-corrected chi connectivity index (χ3v) is 4.94. The molecule has 0 saturated carbocycles. The van der Waals surface area contributed by atoms with Gasteiger partial charge in [-0.05, 0) is 17.9 Å². The van der Waals surface area contributed by atoms with Crippen molar-refractivity contribution in [1.82, 2.24) is 0 Å². The third-order valence-electron chi connectivity index (χ3n) is 3.59. The van der Waals surface area contributed by atoms with E-state index in [0.717, 1.165) is 11.1 Å². The Hall–Kier alpha value is -0.710. The van der Waals surface area contributed by atoms with Crippen molar-refractivity contribution >= 4 is 7.60 Å². The first kappa shape index (κ1) is 19.3. The Bertz CT molecular complexity index is 595. The first-order chi connectivity index (χ1) is 9.58. The summed E-state index contributed by atoms with van der Waals surface area (Å²) in [6, 6.07) is 5.44. The van der Waals surface area contributed by atoms with Gasteiger partial charge in [-0.3, -0.25) is 4.57 Å². The van der Waals surface area contributed by atoms with Gasteiger partial charge in [-0.2, -0.15) is 0 Å². The molecule has 1 unspecified atom stereocenters. The van der Waals surface area contributed by atoms with Crippen molar-refractivity contribution in [2.45, 2.75) is 38.5 Å². The molecule has 1 aromatic carbocycles. The number of hydrogen-bond donors (Lipinski definition) is 3. The summed E-state index contributed by atoms with van der Waals surface area (Å²) >= 11 is 0. The highest BCUT2D eigenvalue weighted by atomic mass is 31.2. The van der Waals surface area contributed by atoms with Crippen LogP contribution in [-0.4, -0.2) is 47.1 Å². The van der Waals surface area contributed by atoms with E-state index in [1.54, 1.807) is 27.2 Å². The molecule has 1 aromatic rings. The predicted molar refractivity (Wildman–Crippen MR) is 88.7 cm³/mol. The Kier molecular flexibility index (Phi) is 5.04. The molecule has 3 N–H and O–H groups in total. The summed E-state index contributed by atoms with van der Waals surface area (Å²) in [6.07, 6.45) is 0. The first-order valence-electron chi connectivity index (χ1n) is 7.28. The molecule has 0 amide bonds. The molecule has 0 fully saturated rings. The van der Waals surface area contributed by atoms with Gasteiger partial charge in [0, 0.05) is 5.56 Å². The molecule has 0 radical (unpaired) electrons. The predicted octanol–water partition coefficient (Wildman–Crippen LogP) is 2.32. The highest BCUT2D eigenvalue weighted by Gasteiger charge is 2.52. The number of nitrogens with zero attached hydrogens (tertiary/aromatic N) is 1. The summed E-state index contributed by atoms with van der Waals surface area (Å²) < 4.78 is 12.4. The average molecular weight is 330 g/mol. The molecule has 0 aliphatic heterocycles. The summed E-state index contributed by atoms with van der Waals surface area (Å²) in [4.78, 5) is 19.8. The molecule has 0 aliphatic carbocycles. The Balaban J connectivity index is 3.71. The molecule has 0 bridgehead atoms. The first-order valence-corrected chi connectivity index (χ1v) is 8.89. The zero-order valence-corrected chi connectivity index (χ0v) is 15.5. The van der Waals surface area contributed by atoms with E-state index < -0.39 is 12.9 Å². The van der Waals surface area contributed by atoms with Gasteiger partial charge in [0.05, 0.1) is 21.1 Å². The number of rotatable bonds is 4. The van der Waals surface area contributed by atoms with E-state index in [-0.39, 0.29) is 16.4 Å². The summed E-state index contributed by atoms with van der Waals surface area (Å²) in [6.45, 7) is 7.67. The summed E-state index contributed by atoms with van der Waals surface area (Å²) in [5.41, 5.74) is 1.59. The summed E-state index contributed by atoms with van der Waals surface area (Å²) in [7, 11) is 0.614. The van der Waals surface area contributed by atoms with E-state index in [2.05, 4.69) is 0 Å². The number of aliphatic hydroxyl groups is 1. The molecule has 22 heavy (non-hydrogen) atoms. The average Bonchev–Trinajstić information content (AvgIpc) is 2.23. The molecule has 126 valence electrons. The van der Waals surface area contributed by atoms with Gasteiger partial charge < -0.3 is 19.4 Å². The van der Waals surface area contributed by atoms with Crippen LogP contribution in [0.4, 0.5) is 0 Å². The van der Waals surface area contributed by atoms with Crippen molar-refractivity contribution in [3.63, 3.8) is 0 Å². The summed E-state index contributed by atoms with van der Waals surface area (Å²) in [5.74, 6) is 0. The van der Waals surface area contributed by atoms with Crippen LogP contribution in [0.25, 0.3) is 0 Å². The molecule has 6 heteroatoms. The number of quaternary nitrogens is 1. The monoisotopic (exact) mass is 330 g/mol. The van der Waals surface area contributed by atoms with E-state index in [4.69, 9.17) is 0 Å². The highest BCUT2D eigenvalue weighted by Crippen LogP contribution is 2.57. The van der Waals surface area contributed by atoms with Gasteiger partial charge in [0.1, 0.15) is 6.54 Å². The fraction of sp³-hybridized carbons (Fsp3) is 0.625. The van der Waals surface area contributed by atoms with Crippen LogP contribution < -0.4 is 0 Å². The van der Waals surface area contributed by atoms with Crippen LogP contribution in [0.5, 0.6) is 0 Å². The van der Waals surface area contributed by atoms with Gasteiger partial charge in [0.15, 0.2) is 0 Å². The second-order valence-electron chi connectivity index (χ2n) is 8.11. The minimum atomic E-state index is -4.78. The van der Waals surface area contributed by atoms with Crippen LogP contribution >= 0.6 is 7.60 Å². The number of aryl methyl sites for hydroxylation is 1. The molecule has 1 atom stereocenters. The molecule has 0 aromatic heterocycles. The van der Waals surface area contributed by atoms with Crippen molar-refractivity contribution in [2.24, 2.45) is 0 Å². The SMILES string of the molecule is Cc1ccc(C(C)(C)C)c(C(O)(C[N+](C)(C)C)P(=O)(O)O)c1. The second kappa shape index (κ2) is 5.73. The molecule has 0 spiro atoms. The van der Waals surface area contributed by atoms with Crippen LogP contribution in [0.1, 0.15) is 37.5 Å². The molecule has 0 saturated heterocycles. The largest absolute Gasteiger partial charge is 0.369 e. The molecular weight excluding hydrogens is 301 g/mol. The van der Waals surface area contributed by atoms with Gasteiger partial charge in [-0.25, -0.2) is 0 Å². The smallest absolute Gasteiger partial charge is 0.367 e. The van der Waals surface area contributed by atoms with Crippen molar-refractivity contribution in [1.29, 1.82) is 0 Å². The van der Waals surface area contributed by atoms with Crippen LogP contribution in [-0.2, 0) is 15.3 Å². The zero-order chi connectivity index (χ0) is 17.6.